The van der Waals surface area contributed by atoms with Crippen LogP contribution in [-0.2, 0) is 10.0 Å². The SMILES string of the molecule is C[C@@H]1CN(CCOc2cccc(Cl)c2)C[C@H]1CS(N)(=O)=O. The van der Waals surface area contributed by atoms with E-state index in [1.54, 1.807) is 12.1 Å². The Bertz CT molecular complexity index is 579. The summed E-state index contributed by atoms with van der Waals surface area (Å²) in [6, 6.07) is 7.28. The number of benzene rings is 1. The maximum atomic E-state index is 11.2. The van der Waals surface area contributed by atoms with Crippen LogP contribution in [0, 0.1) is 11.8 Å². The van der Waals surface area contributed by atoms with Crippen molar-refractivity contribution in [1.29, 1.82) is 0 Å². The number of sulfonamides is 1. The highest BCUT2D eigenvalue weighted by Crippen LogP contribution is 2.24. The van der Waals surface area contributed by atoms with Crippen molar-refractivity contribution in [1.82, 2.24) is 4.90 Å². The first kappa shape index (κ1) is 16.5. The molecule has 1 heterocycles. The van der Waals surface area contributed by atoms with Gasteiger partial charge in [-0.2, -0.15) is 0 Å². The number of ether oxygens (including phenoxy) is 1. The van der Waals surface area contributed by atoms with Gasteiger partial charge < -0.3 is 4.74 Å². The van der Waals surface area contributed by atoms with Crippen molar-refractivity contribution in [3.8, 4) is 5.75 Å². The molecule has 0 spiro atoms. The molecular formula is C14H21ClN2O3S. The van der Waals surface area contributed by atoms with Crippen molar-refractivity contribution >= 4 is 21.6 Å². The van der Waals surface area contributed by atoms with E-state index in [0.717, 1.165) is 25.4 Å². The smallest absolute Gasteiger partial charge is 0.209 e. The fraction of sp³-hybridized carbons (Fsp3) is 0.571. The highest BCUT2D eigenvalue weighted by Gasteiger charge is 2.31. The molecule has 7 heteroatoms. The molecule has 1 fully saturated rings. The van der Waals surface area contributed by atoms with E-state index in [4.69, 9.17) is 21.5 Å². The van der Waals surface area contributed by atoms with Gasteiger partial charge in [-0.3, -0.25) is 4.90 Å². The van der Waals surface area contributed by atoms with Gasteiger partial charge in [-0.15, -0.1) is 0 Å². The summed E-state index contributed by atoms with van der Waals surface area (Å²) in [7, 11) is -3.40. The lowest BCUT2D eigenvalue weighted by Crippen LogP contribution is -2.29. The van der Waals surface area contributed by atoms with Crippen molar-refractivity contribution in [2.24, 2.45) is 17.0 Å². The van der Waals surface area contributed by atoms with Crippen LogP contribution in [0.4, 0.5) is 0 Å². The van der Waals surface area contributed by atoms with Crippen LogP contribution < -0.4 is 9.88 Å². The van der Waals surface area contributed by atoms with Crippen molar-refractivity contribution < 1.29 is 13.2 Å². The molecule has 2 atom stereocenters. The minimum absolute atomic E-state index is 0.0554. The van der Waals surface area contributed by atoms with Crippen LogP contribution in [0.25, 0.3) is 0 Å². The van der Waals surface area contributed by atoms with E-state index in [-0.39, 0.29) is 11.7 Å². The molecule has 5 nitrogen and oxygen atoms in total. The van der Waals surface area contributed by atoms with Gasteiger partial charge in [-0.25, -0.2) is 13.6 Å². The Morgan fingerprint density at radius 3 is 2.86 bits per heavy atom. The van der Waals surface area contributed by atoms with E-state index < -0.39 is 10.0 Å². The van der Waals surface area contributed by atoms with Gasteiger partial charge in [0.1, 0.15) is 12.4 Å². The number of hydrogen-bond acceptors (Lipinski definition) is 4. The first-order valence-electron chi connectivity index (χ1n) is 6.94. The predicted octanol–water partition coefficient (Wildman–Crippen LogP) is 1.58. The molecule has 0 unspecified atom stereocenters. The Morgan fingerprint density at radius 2 is 2.19 bits per heavy atom. The van der Waals surface area contributed by atoms with Gasteiger partial charge in [0.15, 0.2) is 0 Å². The molecule has 0 bridgehead atoms. The predicted molar refractivity (Wildman–Crippen MR) is 84.0 cm³/mol. The second-order valence-corrected chi connectivity index (χ2v) is 7.73. The average Bonchev–Trinajstić information content (AvgIpc) is 2.68. The summed E-state index contributed by atoms with van der Waals surface area (Å²) in [5, 5.41) is 5.78. The van der Waals surface area contributed by atoms with Crippen LogP contribution in [0.15, 0.2) is 24.3 Å². The molecule has 0 aromatic heterocycles. The number of hydrogen-bond donors (Lipinski definition) is 1. The molecule has 0 radical (unpaired) electrons. The summed E-state index contributed by atoms with van der Waals surface area (Å²) in [4.78, 5) is 2.21. The lowest BCUT2D eigenvalue weighted by Gasteiger charge is -2.16. The Hall–Kier alpha value is -0.820. The zero-order valence-electron chi connectivity index (χ0n) is 12.0. The minimum Gasteiger partial charge on any atom is -0.492 e. The van der Waals surface area contributed by atoms with Gasteiger partial charge in [0.2, 0.25) is 10.0 Å². The fourth-order valence-corrected chi connectivity index (χ4v) is 3.90. The van der Waals surface area contributed by atoms with Crippen LogP contribution in [0.1, 0.15) is 6.92 Å². The van der Waals surface area contributed by atoms with E-state index in [0.29, 0.717) is 17.5 Å². The quantitative estimate of drug-likeness (QED) is 0.858. The largest absolute Gasteiger partial charge is 0.492 e. The molecule has 1 aromatic rings. The van der Waals surface area contributed by atoms with Crippen molar-refractivity contribution in [3.63, 3.8) is 0 Å². The molecule has 21 heavy (non-hydrogen) atoms. The van der Waals surface area contributed by atoms with Crippen LogP contribution in [-0.4, -0.2) is 45.3 Å². The molecule has 2 N–H and O–H groups in total. The van der Waals surface area contributed by atoms with E-state index in [1.165, 1.54) is 0 Å². The lowest BCUT2D eigenvalue weighted by atomic mass is 10.0. The minimum atomic E-state index is -3.40. The fourth-order valence-electron chi connectivity index (χ4n) is 2.69. The summed E-state index contributed by atoms with van der Waals surface area (Å²) in [5.74, 6) is 1.23. The van der Waals surface area contributed by atoms with Crippen LogP contribution >= 0.6 is 11.6 Å². The highest BCUT2D eigenvalue weighted by molar-refractivity contribution is 7.89. The van der Waals surface area contributed by atoms with Crippen molar-refractivity contribution in [3.05, 3.63) is 29.3 Å². The third kappa shape index (κ3) is 5.47. The molecule has 1 saturated heterocycles. The standard InChI is InChI=1S/C14H21ClN2O3S/c1-11-8-17(9-12(11)10-21(16,18)19)5-6-20-14-4-2-3-13(15)7-14/h2-4,7,11-12H,5-6,8-10H2,1H3,(H2,16,18,19)/t11-,12+/m1/s1. The molecule has 1 aliphatic rings. The third-order valence-corrected chi connectivity index (χ3v) is 4.89. The van der Waals surface area contributed by atoms with Gasteiger partial charge in [0.05, 0.1) is 5.75 Å². The van der Waals surface area contributed by atoms with Gasteiger partial charge in [0.25, 0.3) is 0 Å². The summed E-state index contributed by atoms with van der Waals surface area (Å²) in [5.41, 5.74) is 0. The average molecular weight is 333 g/mol. The lowest BCUT2D eigenvalue weighted by molar-refractivity contribution is 0.232. The number of nitrogens with two attached hydrogens (primary N) is 1. The molecule has 0 aliphatic carbocycles. The van der Waals surface area contributed by atoms with Crippen LogP contribution in [0.3, 0.4) is 0 Å². The summed E-state index contributed by atoms with van der Waals surface area (Å²) >= 11 is 5.89. The Kier molecular flexibility index (Phi) is 5.48. The van der Waals surface area contributed by atoms with E-state index in [9.17, 15) is 8.42 Å². The number of nitrogens with zero attached hydrogens (tertiary/aromatic N) is 1. The van der Waals surface area contributed by atoms with Gasteiger partial charge in [-0.1, -0.05) is 24.6 Å². The molecule has 0 amide bonds. The number of primary sulfonamides is 1. The molecule has 1 aliphatic heterocycles. The third-order valence-electron chi connectivity index (χ3n) is 3.76. The number of rotatable bonds is 6. The first-order valence-corrected chi connectivity index (χ1v) is 9.04. The Balaban J connectivity index is 1.77. The Labute approximate surface area is 131 Å². The number of likely N-dealkylation sites (tertiary alicyclic amines) is 1. The van der Waals surface area contributed by atoms with Gasteiger partial charge in [-0.05, 0) is 30.0 Å². The van der Waals surface area contributed by atoms with Gasteiger partial charge >= 0.3 is 0 Å². The molecule has 118 valence electrons. The molecule has 0 saturated carbocycles. The van der Waals surface area contributed by atoms with Crippen LogP contribution in [0.2, 0.25) is 5.02 Å². The second kappa shape index (κ2) is 6.96. The molecular weight excluding hydrogens is 312 g/mol. The first-order chi connectivity index (χ1) is 9.83. The highest BCUT2D eigenvalue weighted by atomic mass is 35.5. The zero-order chi connectivity index (χ0) is 15.5. The van der Waals surface area contributed by atoms with Gasteiger partial charge in [0, 0.05) is 24.7 Å². The van der Waals surface area contributed by atoms with E-state index in [1.807, 2.05) is 12.1 Å². The number of halogens is 1. The van der Waals surface area contributed by atoms with Crippen LogP contribution in [0.5, 0.6) is 5.75 Å². The topological polar surface area (TPSA) is 72.6 Å². The maximum absolute atomic E-state index is 11.2. The summed E-state index contributed by atoms with van der Waals surface area (Å²) in [6.07, 6.45) is 0. The second-order valence-electron chi connectivity index (χ2n) is 5.63. The molecule has 2 rings (SSSR count). The normalized spacial score (nSPS) is 23.4. The monoisotopic (exact) mass is 332 g/mol. The van der Waals surface area contributed by atoms with E-state index in [2.05, 4.69) is 11.8 Å². The molecule has 1 aromatic carbocycles. The summed E-state index contributed by atoms with van der Waals surface area (Å²) < 4.78 is 28.0. The van der Waals surface area contributed by atoms with E-state index >= 15 is 0 Å². The van der Waals surface area contributed by atoms with Crippen molar-refractivity contribution in [2.45, 2.75) is 6.92 Å². The summed E-state index contributed by atoms with van der Waals surface area (Å²) in [6.45, 7) is 5.00. The Morgan fingerprint density at radius 1 is 1.43 bits per heavy atom. The maximum Gasteiger partial charge on any atom is 0.209 e. The zero-order valence-corrected chi connectivity index (χ0v) is 13.6. The van der Waals surface area contributed by atoms with Crippen molar-refractivity contribution in [2.75, 3.05) is 32.0 Å².